The predicted octanol–water partition coefficient (Wildman–Crippen LogP) is 3.41. The van der Waals surface area contributed by atoms with Crippen molar-refractivity contribution < 1.29 is 14.5 Å². The number of esters is 1. The Hall–Kier alpha value is -1.76. The van der Waals surface area contributed by atoms with Crippen LogP contribution in [0.4, 0.5) is 11.4 Å². The summed E-state index contributed by atoms with van der Waals surface area (Å²) in [5.74, 6) is -0.669. The number of hydrogen-bond donors (Lipinski definition) is 0. The molecule has 0 spiro atoms. The van der Waals surface area contributed by atoms with Gasteiger partial charge in [0.25, 0.3) is 5.69 Å². The Morgan fingerprint density at radius 2 is 2.17 bits per heavy atom. The van der Waals surface area contributed by atoms with Crippen molar-refractivity contribution in [2.45, 2.75) is 31.4 Å². The van der Waals surface area contributed by atoms with Gasteiger partial charge in [-0.25, -0.2) is 4.79 Å². The highest BCUT2D eigenvalue weighted by atomic mass is 32.2. The molecule has 126 valence electrons. The topological polar surface area (TPSA) is 72.7 Å². The third-order valence-electron chi connectivity index (χ3n) is 4.20. The minimum absolute atomic E-state index is 0.0254. The van der Waals surface area contributed by atoms with E-state index in [-0.39, 0.29) is 11.3 Å². The fraction of sp³-hybridized carbons (Fsp3) is 0.562. The van der Waals surface area contributed by atoms with Crippen LogP contribution in [0, 0.1) is 17.0 Å². The van der Waals surface area contributed by atoms with E-state index < -0.39 is 10.9 Å². The number of anilines is 1. The lowest BCUT2D eigenvalue weighted by atomic mass is 10.1. The molecule has 1 aromatic rings. The van der Waals surface area contributed by atoms with Crippen LogP contribution in [0.3, 0.4) is 0 Å². The van der Waals surface area contributed by atoms with Gasteiger partial charge >= 0.3 is 5.97 Å². The molecule has 1 atom stereocenters. The number of rotatable bonds is 4. The summed E-state index contributed by atoms with van der Waals surface area (Å²) in [6, 6.07) is 3.40. The zero-order valence-electron chi connectivity index (χ0n) is 13.7. The van der Waals surface area contributed by atoms with Crippen LogP contribution in [0.15, 0.2) is 12.1 Å². The second kappa shape index (κ2) is 7.68. The molecule has 0 radical (unpaired) electrons. The second-order valence-corrected chi connectivity index (χ2v) is 6.85. The van der Waals surface area contributed by atoms with Gasteiger partial charge < -0.3 is 9.64 Å². The molecule has 6 nitrogen and oxygen atoms in total. The van der Waals surface area contributed by atoms with Crippen molar-refractivity contribution >= 4 is 29.1 Å². The van der Waals surface area contributed by atoms with E-state index in [9.17, 15) is 14.9 Å². The predicted molar refractivity (Wildman–Crippen MR) is 92.5 cm³/mol. The van der Waals surface area contributed by atoms with Crippen molar-refractivity contribution in [3.8, 4) is 0 Å². The van der Waals surface area contributed by atoms with Crippen molar-refractivity contribution in [2.24, 2.45) is 0 Å². The van der Waals surface area contributed by atoms with Gasteiger partial charge in [-0.3, -0.25) is 10.1 Å². The molecule has 1 saturated heterocycles. The molecule has 0 aliphatic carbocycles. The molecule has 1 aliphatic heterocycles. The third kappa shape index (κ3) is 3.96. The summed E-state index contributed by atoms with van der Waals surface area (Å²) in [4.78, 5) is 25.0. The van der Waals surface area contributed by atoms with Gasteiger partial charge in [0.1, 0.15) is 5.56 Å². The molecule has 1 aliphatic rings. The van der Waals surface area contributed by atoms with Gasteiger partial charge in [-0.1, -0.05) is 6.42 Å². The molecule has 1 fully saturated rings. The van der Waals surface area contributed by atoms with E-state index in [2.05, 4.69) is 11.2 Å². The summed E-state index contributed by atoms with van der Waals surface area (Å²) in [7, 11) is 1.24. The van der Waals surface area contributed by atoms with Gasteiger partial charge in [0.2, 0.25) is 0 Å². The standard InChI is InChI=1S/C16H22N2O4S/c1-11-8-12(17-7-5-4-6-13(10-17)23-3)9-14(16(19)22-2)15(11)18(20)21/h8-9,13H,4-7,10H2,1-3H3. The maximum atomic E-state index is 12.0. The quantitative estimate of drug-likeness (QED) is 0.476. The van der Waals surface area contributed by atoms with Gasteiger partial charge in [0.15, 0.2) is 0 Å². The Labute approximate surface area is 140 Å². The Morgan fingerprint density at radius 1 is 1.43 bits per heavy atom. The highest BCUT2D eigenvalue weighted by molar-refractivity contribution is 7.99. The van der Waals surface area contributed by atoms with Crippen LogP contribution in [0.25, 0.3) is 0 Å². The van der Waals surface area contributed by atoms with E-state index in [1.54, 1.807) is 19.1 Å². The lowest BCUT2D eigenvalue weighted by Gasteiger charge is -2.26. The molecule has 0 amide bonds. The first kappa shape index (κ1) is 17.6. The molecule has 0 N–H and O–H groups in total. The molecule has 1 heterocycles. The number of carbonyl (C=O) groups excluding carboxylic acids is 1. The molecule has 2 rings (SSSR count). The fourth-order valence-electron chi connectivity index (χ4n) is 2.98. The fourth-order valence-corrected chi connectivity index (χ4v) is 3.71. The SMILES string of the molecule is COC(=O)c1cc(N2CCCCC(SC)C2)cc(C)c1[N+](=O)[O-]. The number of benzene rings is 1. The van der Waals surface area contributed by atoms with Gasteiger partial charge in [0.05, 0.1) is 12.0 Å². The van der Waals surface area contributed by atoms with Crippen molar-refractivity contribution in [2.75, 3.05) is 31.4 Å². The average Bonchev–Trinajstić information content (AvgIpc) is 2.78. The number of aryl methyl sites for hydroxylation is 1. The van der Waals surface area contributed by atoms with Gasteiger partial charge in [-0.05, 0) is 38.2 Å². The van der Waals surface area contributed by atoms with E-state index in [4.69, 9.17) is 4.74 Å². The third-order valence-corrected chi connectivity index (χ3v) is 5.25. The first-order chi connectivity index (χ1) is 11.0. The lowest BCUT2D eigenvalue weighted by Crippen LogP contribution is -2.29. The molecular formula is C16H22N2O4S. The zero-order valence-corrected chi connectivity index (χ0v) is 14.5. The number of methoxy groups -OCH3 is 1. The summed E-state index contributed by atoms with van der Waals surface area (Å²) in [6.45, 7) is 3.45. The van der Waals surface area contributed by atoms with Crippen molar-refractivity contribution in [3.05, 3.63) is 33.4 Å². The van der Waals surface area contributed by atoms with Crippen molar-refractivity contribution in [1.29, 1.82) is 0 Å². The average molecular weight is 338 g/mol. The molecule has 0 bridgehead atoms. The summed E-state index contributed by atoms with van der Waals surface area (Å²) < 4.78 is 4.73. The van der Waals surface area contributed by atoms with E-state index >= 15 is 0 Å². The minimum atomic E-state index is -0.669. The number of nitro benzene ring substituents is 1. The first-order valence-electron chi connectivity index (χ1n) is 7.63. The monoisotopic (exact) mass is 338 g/mol. The van der Waals surface area contributed by atoms with Crippen LogP contribution in [-0.2, 0) is 4.74 Å². The smallest absolute Gasteiger partial charge is 0.344 e. The molecular weight excluding hydrogens is 316 g/mol. The Bertz CT molecular complexity index is 606. The largest absolute Gasteiger partial charge is 0.465 e. The van der Waals surface area contributed by atoms with Crippen LogP contribution in [0.5, 0.6) is 0 Å². The summed E-state index contributed by atoms with van der Waals surface area (Å²) >= 11 is 1.84. The maximum Gasteiger partial charge on any atom is 0.344 e. The molecule has 0 saturated carbocycles. The van der Waals surface area contributed by atoms with E-state index in [0.29, 0.717) is 10.8 Å². The summed E-state index contributed by atoms with van der Waals surface area (Å²) in [5.41, 5.74) is 1.20. The minimum Gasteiger partial charge on any atom is -0.465 e. The Kier molecular flexibility index (Phi) is 5.87. The Morgan fingerprint density at radius 3 is 2.78 bits per heavy atom. The first-order valence-corrected chi connectivity index (χ1v) is 8.91. The van der Waals surface area contributed by atoms with E-state index in [1.807, 2.05) is 11.8 Å². The molecule has 1 unspecified atom stereocenters. The van der Waals surface area contributed by atoms with Crippen LogP contribution < -0.4 is 4.90 Å². The van der Waals surface area contributed by atoms with Crippen LogP contribution in [0.1, 0.15) is 35.2 Å². The molecule has 0 aromatic heterocycles. The highest BCUT2D eigenvalue weighted by Gasteiger charge is 2.27. The van der Waals surface area contributed by atoms with Gasteiger partial charge in [0, 0.05) is 29.6 Å². The summed E-state index contributed by atoms with van der Waals surface area (Å²) in [5, 5.41) is 11.8. The van der Waals surface area contributed by atoms with Crippen molar-refractivity contribution in [3.63, 3.8) is 0 Å². The number of nitrogens with zero attached hydrogens (tertiary/aromatic N) is 2. The second-order valence-electron chi connectivity index (χ2n) is 5.71. The number of carbonyl (C=O) groups is 1. The van der Waals surface area contributed by atoms with Gasteiger partial charge in [-0.2, -0.15) is 11.8 Å². The van der Waals surface area contributed by atoms with Crippen LogP contribution in [0.2, 0.25) is 0 Å². The number of thioether (sulfide) groups is 1. The normalized spacial score (nSPS) is 18.4. The van der Waals surface area contributed by atoms with Gasteiger partial charge in [-0.15, -0.1) is 0 Å². The molecule has 23 heavy (non-hydrogen) atoms. The number of ether oxygens (including phenoxy) is 1. The lowest BCUT2D eigenvalue weighted by molar-refractivity contribution is -0.385. The maximum absolute atomic E-state index is 12.0. The molecule has 1 aromatic carbocycles. The van der Waals surface area contributed by atoms with E-state index in [0.717, 1.165) is 25.2 Å². The zero-order chi connectivity index (χ0) is 17.0. The number of hydrogen-bond acceptors (Lipinski definition) is 6. The molecule has 7 heteroatoms. The number of nitro groups is 1. The van der Waals surface area contributed by atoms with Crippen LogP contribution >= 0.6 is 11.8 Å². The summed E-state index contributed by atoms with van der Waals surface area (Å²) in [6.07, 6.45) is 5.54. The Balaban J connectivity index is 2.44. The van der Waals surface area contributed by atoms with Crippen molar-refractivity contribution in [1.82, 2.24) is 0 Å². The van der Waals surface area contributed by atoms with Crippen LogP contribution in [-0.4, -0.2) is 42.6 Å². The highest BCUT2D eigenvalue weighted by Crippen LogP contribution is 2.32. The van der Waals surface area contributed by atoms with E-state index in [1.165, 1.54) is 20.0 Å².